The van der Waals surface area contributed by atoms with Gasteiger partial charge in [0, 0.05) is 22.9 Å². The van der Waals surface area contributed by atoms with Crippen LogP contribution in [0.1, 0.15) is 23.0 Å². The molecule has 0 atom stereocenters. The third-order valence-electron chi connectivity index (χ3n) is 4.28. The maximum absolute atomic E-state index is 12.3. The molecule has 0 saturated heterocycles. The van der Waals surface area contributed by atoms with Gasteiger partial charge in [-0.1, -0.05) is 17.3 Å². The molecule has 1 aliphatic rings. The molecule has 0 spiro atoms. The van der Waals surface area contributed by atoms with Crippen molar-refractivity contribution in [3.63, 3.8) is 0 Å². The number of aromatic nitrogens is 1. The van der Waals surface area contributed by atoms with E-state index in [0.29, 0.717) is 47.4 Å². The van der Waals surface area contributed by atoms with Crippen molar-refractivity contribution in [2.24, 2.45) is 0 Å². The topological polar surface area (TPSA) is 90.7 Å². The van der Waals surface area contributed by atoms with Crippen LogP contribution in [0.3, 0.4) is 0 Å². The molecular weight excluding hydrogens is 360 g/mol. The van der Waals surface area contributed by atoms with Gasteiger partial charge in [0.25, 0.3) is 0 Å². The normalized spacial score (nSPS) is 12.5. The fraction of sp³-hybridized carbons (Fsp3) is 0.190. The molecule has 1 N–H and O–H groups in total. The van der Waals surface area contributed by atoms with Gasteiger partial charge in [-0.15, -0.1) is 0 Å². The number of Topliss-reactive ketones (excluding diaryl/α,β-unsaturated/α-hetero) is 1. The number of amides is 1. The Morgan fingerprint density at radius 1 is 1.04 bits per heavy atom. The van der Waals surface area contributed by atoms with E-state index < -0.39 is 0 Å². The van der Waals surface area contributed by atoms with Gasteiger partial charge in [0.15, 0.2) is 23.0 Å². The number of hydrogen-bond donors (Lipinski definition) is 1. The Hall–Kier alpha value is -3.61. The summed E-state index contributed by atoms with van der Waals surface area (Å²) in [6.07, 6.45) is 0.0539. The van der Waals surface area contributed by atoms with Gasteiger partial charge >= 0.3 is 0 Å². The number of nitrogens with one attached hydrogen (secondary N) is 1. The van der Waals surface area contributed by atoms with Crippen LogP contribution < -0.4 is 14.8 Å². The molecule has 7 nitrogen and oxygen atoms in total. The first kappa shape index (κ1) is 17.8. The highest BCUT2D eigenvalue weighted by molar-refractivity contribution is 5.97. The fourth-order valence-electron chi connectivity index (χ4n) is 2.91. The minimum Gasteiger partial charge on any atom is -0.486 e. The van der Waals surface area contributed by atoms with E-state index in [2.05, 4.69) is 10.5 Å². The lowest BCUT2D eigenvalue weighted by atomic mass is 10.1. The molecule has 3 aromatic rings. The molecule has 0 bridgehead atoms. The first-order chi connectivity index (χ1) is 13.6. The summed E-state index contributed by atoms with van der Waals surface area (Å²) in [5.41, 5.74) is 2.40. The molecule has 2 aromatic carbocycles. The van der Waals surface area contributed by atoms with Gasteiger partial charge in [-0.3, -0.25) is 9.59 Å². The number of ketones is 1. The van der Waals surface area contributed by atoms with Crippen LogP contribution in [-0.2, 0) is 11.2 Å². The van der Waals surface area contributed by atoms with Gasteiger partial charge in [0.05, 0.1) is 12.1 Å². The van der Waals surface area contributed by atoms with E-state index in [-0.39, 0.29) is 18.1 Å². The average Bonchev–Trinajstić information content (AvgIpc) is 3.16. The molecule has 0 saturated carbocycles. The zero-order valence-corrected chi connectivity index (χ0v) is 15.2. The van der Waals surface area contributed by atoms with E-state index in [1.54, 1.807) is 30.3 Å². The van der Waals surface area contributed by atoms with E-state index in [0.717, 1.165) is 5.56 Å². The maximum atomic E-state index is 12.3. The number of hydrogen-bond acceptors (Lipinski definition) is 6. The van der Waals surface area contributed by atoms with Crippen molar-refractivity contribution < 1.29 is 23.6 Å². The van der Waals surface area contributed by atoms with Crippen LogP contribution in [-0.4, -0.2) is 30.1 Å². The van der Waals surface area contributed by atoms with Gasteiger partial charge in [-0.2, -0.15) is 0 Å². The maximum Gasteiger partial charge on any atom is 0.230 e. The van der Waals surface area contributed by atoms with E-state index in [1.165, 1.54) is 6.92 Å². The minimum atomic E-state index is -0.247. The lowest BCUT2D eigenvalue weighted by Gasteiger charge is -2.18. The second kappa shape index (κ2) is 7.56. The summed E-state index contributed by atoms with van der Waals surface area (Å²) in [4.78, 5) is 23.7. The van der Waals surface area contributed by atoms with Gasteiger partial charge in [0.2, 0.25) is 5.91 Å². The molecule has 1 amide bonds. The van der Waals surface area contributed by atoms with E-state index in [4.69, 9.17) is 14.0 Å². The first-order valence-electron chi connectivity index (χ1n) is 8.85. The smallest absolute Gasteiger partial charge is 0.230 e. The number of carbonyl (C=O) groups is 2. The molecule has 1 aromatic heterocycles. The summed E-state index contributed by atoms with van der Waals surface area (Å²) in [6.45, 7) is 2.52. The van der Waals surface area contributed by atoms with Crippen molar-refractivity contribution in [2.75, 3.05) is 18.5 Å². The minimum absolute atomic E-state index is 0.0539. The van der Waals surface area contributed by atoms with Crippen molar-refractivity contribution in [3.8, 4) is 22.8 Å². The third kappa shape index (κ3) is 3.88. The Labute approximate surface area is 161 Å². The zero-order valence-electron chi connectivity index (χ0n) is 15.2. The van der Waals surface area contributed by atoms with E-state index in [1.807, 2.05) is 18.2 Å². The fourth-order valence-corrected chi connectivity index (χ4v) is 2.91. The van der Waals surface area contributed by atoms with Gasteiger partial charge in [-0.05, 0) is 37.3 Å². The molecule has 0 radical (unpaired) electrons. The molecule has 28 heavy (non-hydrogen) atoms. The number of fused-ring (bicyclic) bond motifs is 1. The lowest BCUT2D eigenvalue weighted by Crippen LogP contribution is -2.15. The van der Waals surface area contributed by atoms with E-state index >= 15 is 0 Å². The standard InChI is InChI=1S/C21H18N2O5/c1-13(24)14-3-2-4-16(9-14)22-21(25)12-17-11-19(28-23-17)15-5-6-18-20(10-15)27-8-7-26-18/h2-6,9-11H,7-8,12H2,1H3,(H,22,25). The molecule has 142 valence electrons. The van der Waals surface area contributed by atoms with Crippen LogP contribution in [0.2, 0.25) is 0 Å². The molecule has 1 aliphatic heterocycles. The number of benzene rings is 2. The summed E-state index contributed by atoms with van der Waals surface area (Å²) < 4.78 is 16.5. The number of ether oxygens (including phenoxy) is 2. The molecular formula is C21H18N2O5. The van der Waals surface area contributed by atoms with Crippen molar-refractivity contribution in [2.45, 2.75) is 13.3 Å². The summed E-state index contributed by atoms with van der Waals surface area (Å²) in [6, 6.07) is 14.0. The first-order valence-corrected chi connectivity index (χ1v) is 8.85. The Bertz CT molecular complexity index is 1040. The predicted molar refractivity (Wildman–Crippen MR) is 102 cm³/mol. The molecule has 0 aliphatic carbocycles. The highest BCUT2D eigenvalue weighted by atomic mass is 16.6. The molecule has 2 heterocycles. The highest BCUT2D eigenvalue weighted by Gasteiger charge is 2.16. The van der Waals surface area contributed by atoms with Gasteiger partial charge < -0.3 is 19.3 Å². The molecule has 4 rings (SSSR count). The largest absolute Gasteiger partial charge is 0.486 e. The summed E-state index contributed by atoms with van der Waals surface area (Å²) in [5, 5.41) is 6.74. The Kier molecular flexibility index (Phi) is 4.80. The highest BCUT2D eigenvalue weighted by Crippen LogP contribution is 2.34. The Morgan fingerprint density at radius 2 is 1.86 bits per heavy atom. The summed E-state index contributed by atoms with van der Waals surface area (Å²) in [7, 11) is 0. The van der Waals surface area contributed by atoms with Crippen LogP contribution in [0.15, 0.2) is 53.1 Å². The number of anilines is 1. The Balaban J connectivity index is 1.44. The van der Waals surface area contributed by atoms with Crippen molar-refractivity contribution in [1.82, 2.24) is 5.16 Å². The quantitative estimate of drug-likeness (QED) is 0.684. The third-order valence-corrected chi connectivity index (χ3v) is 4.28. The van der Waals surface area contributed by atoms with Gasteiger partial charge in [-0.25, -0.2) is 0 Å². The lowest BCUT2D eigenvalue weighted by molar-refractivity contribution is -0.115. The average molecular weight is 378 g/mol. The number of carbonyl (C=O) groups excluding carboxylic acids is 2. The van der Waals surface area contributed by atoms with Gasteiger partial charge in [0.1, 0.15) is 13.2 Å². The van der Waals surface area contributed by atoms with Crippen molar-refractivity contribution in [1.29, 1.82) is 0 Å². The predicted octanol–water partition coefficient (Wildman–Crippen LogP) is 3.50. The van der Waals surface area contributed by atoms with Crippen LogP contribution >= 0.6 is 0 Å². The van der Waals surface area contributed by atoms with Crippen LogP contribution in [0.25, 0.3) is 11.3 Å². The zero-order chi connectivity index (χ0) is 19.5. The molecule has 0 fully saturated rings. The monoisotopic (exact) mass is 378 g/mol. The van der Waals surface area contributed by atoms with Crippen LogP contribution in [0.5, 0.6) is 11.5 Å². The van der Waals surface area contributed by atoms with Crippen molar-refractivity contribution >= 4 is 17.4 Å². The number of rotatable bonds is 5. The molecule has 7 heteroatoms. The summed E-state index contributed by atoms with van der Waals surface area (Å²) in [5.74, 6) is 1.59. The second-order valence-electron chi connectivity index (χ2n) is 6.40. The summed E-state index contributed by atoms with van der Waals surface area (Å²) >= 11 is 0. The van der Waals surface area contributed by atoms with E-state index in [9.17, 15) is 9.59 Å². The van der Waals surface area contributed by atoms with Crippen LogP contribution in [0.4, 0.5) is 5.69 Å². The van der Waals surface area contributed by atoms with Crippen molar-refractivity contribution in [3.05, 3.63) is 59.8 Å². The van der Waals surface area contributed by atoms with Crippen LogP contribution in [0, 0.1) is 0 Å². The SMILES string of the molecule is CC(=O)c1cccc(NC(=O)Cc2cc(-c3ccc4c(c3)OCCO4)on2)c1. The number of nitrogens with zero attached hydrogens (tertiary/aromatic N) is 1. The second-order valence-corrected chi connectivity index (χ2v) is 6.40. The Morgan fingerprint density at radius 3 is 2.68 bits per heavy atom. The molecule has 0 unspecified atom stereocenters.